The molecule has 0 aliphatic heterocycles. The van der Waals surface area contributed by atoms with Gasteiger partial charge in [0.05, 0.1) is 18.6 Å². The minimum atomic E-state index is -1.46. The standard InChI is InChI=1S/C12H18O3Si/c1-16(2,3)7-5-11(13)8-12(14)10-4-6-15-9-10/h4,6,9,11-14H,8H2,1-3H3/t11-,12+/m1/s1. The molecule has 1 rings (SSSR count). The summed E-state index contributed by atoms with van der Waals surface area (Å²) < 4.78 is 4.86. The molecular weight excluding hydrogens is 220 g/mol. The van der Waals surface area contributed by atoms with Gasteiger partial charge in [-0.3, -0.25) is 0 Å². The number of aliphatic hydroxyl groups excluding tert-OH is 2. The van der Waals surface area contributed by atoms with Crippen molar-refractivity contribution >= 4 is 8.07 Å². The maximum atomic E-state index is 9.73. The van der Waals surface area contributed by atoms with Crippen molar-refractivity contribution < 1.29 is 14.6 Å². The molecule has 2 atom stereocenters. The van der Waals surface area contributed by atoms with E-state index >= 15 is 0 Å². The Morgan fingerprint density at radius 2 is 2.06 bits per heavy atom. The molecular formula is C12H18O3Si. The van der Waals surface area contributed by atoms with Crippen LogP contribution in [-0.2, 0) is 0 Å². The second-order valence-corrected chi connectivity index (χ2v) is 9.59. The van der Waals surface area contributed by atoms with E-state index in [1.54, 1.807) is 6.07 Å². The molecule has 0 amide bonds. The molecule has 0 unspecified atom stereocenters. The molecule has 0 saturated heterocycles. The molecule has 2 N–H and O–H groups in total. The van der Waals surface area contributed by atoms with Crippen LogP contribution in [0.15, 0.2) is 23.0 Å². The Balaban J connectivity index is 2.51. The van der Waals surface area contributed by atoms with Crippen LogP contribution in [-0.4, -0.2) is 24.4 Å². The van der Waals surface area contributed by atoms with Crippen LogP contribution in [0, 0.1) is 11.5 Å². The molecule has 0 bridgehead atoms. The summed E-state index contributed by atoms with van der Waals surface area (Å²) in [5, 5.41) is 19.4. The van der Waals surface area contributed by atoms with Crippen molar-refractivity contribution in [2.45, 2.75) is 38.3 Å². The molecule has 1 aromatic rings. The maximum absolute atomic E-state index is 9.73. The zero-order chi connectivity index (χ0) is 12.2. The fraction of sp³-hybridized carbons (Fsp3) is 0.500. The van der Waals surface area contributed by atoms with Crippen molar-refractivity contribution in [2.24, 2.45) is 0 Å². The predicted octanol–water partition coefficient (Wildman–Crippen LogP) is 1.94. The van der Waals surface area contributed by atoms with Crippen LogP contribution < -0.4 is 0 Å². The molecule has 0 saturated carbocycles. The van der Waals surface area contributed by atoms with Crippen LogP contribution >= 0.6 is 0 Å². The van der Waals surface area contributed by atoms with Crippen molar-refractivity contribution in [3.8, 4) is 11.5 Å². The van der Waals surface area contributed by atoms with Gasteiger partial charge in [-0.15, -0.1) is 5.54 Å². The van der Waals surface area contributed by atoms with E-state index in [1.807, 2.05) is 0 Å². The molecule has 0 aliphatic rings. The van der Waals surface area contributed by atoms with E-state index in [0.717, 1.165) is 0 Å². The molecule has 0 radical (unpaired) electrons. The monoisotopic (exact) mass is 238 g/mol. The fourth-order valence-corrected chi connectivity index (χ4v) is 1.77. The number of rotatable bonds is 3. The Morgan fingerprint density at radius 3 is 2.56 bits per heavy atom. The first kappa shape index (κ1) is 13.0. The van der Waals surface area contributed by atoms with E-state index in [-0.39, 0.29) is 6.42 Å². The Labute approximate surface area is 97.1 Å². The molecule has 16 heavy (non-hydrogen) atoms. The highest BCUT2D eigenvalue weighted by molar-refractivity contribution is 6.83. The topological polar surface area (TPSA) is 53.6 Å². The summed E-state index contributed by atoms with van der Waals surface area (Å²) in [6, 6.07) is 1.68. The lowest BCUT2D eigenvalue weighted by Gasteiger charge is -2.10. The molecule has 4 heteroatoms. The number of hydrogen-bond acceptors (Lipinski definition) is 3. The fourth-order valence-electron chi connectivity index (χ4n) is 1.17. The summed E-state index contributed by atoms with van der Waals surface area (Å²) in [7, 11) is -1.46. The van der Waals surface area contributed by atoms with Gasteiger partial charge < -0.3 is 14.6 Å². The third-order valence-corrected chi connectivity index (χ3v) is 2.88. The SMILES string of the molecule is C[Si](C)(C)C#C[C@@H](O)C[C@H](O)c1ccoc1. The molecule has 0 aromatic carbocycles. The van der Waals surface area contributed by atoms with Crippen LogP contribution in [0.2, 0.25) is 19.6 Å². The Morgan fingerprint density at radius 1 is 1.38 bits per heavy atom. The van der Waals surface area contributed by atoms with E-state index in [9.17, 15) is 10.2 Å². The van der Waals surface area contributed by atoms with Crippen molar-refractivity contribution in [3.63, 3.8) is 0 Å². The van der Waals surface area contributed by atoms with E-state index in [2.05, 4.69) is 31.1 Å². The quantitative estimate of drug-likeness (QED) is 0.625. The lowest BCUT2D eigenvalue weighted by Crippen LogP contribution is -2.18. The Bertz CT molecular complexity index is 367. The smallest absolute Gasteiger partial charge is 0.129 e. The zero-order valence-electron chi connectivity index (χ0n) is 9.90. The van der Waals surface area contributed by atoms with Crippen LogP contribution in [0.25, 0.3) is 0 Å². The largest absolute Gasteiger partial charge is 0.472 e. The summed E-state index contributed by atoms with van der Waals surface area (Å²) in [5.41, 5.74) is 3.75. The highest BCUT2D eigenvalue weighted by Crippen LogP contribution is 2.18. The van der Waals surface area contributed by atoms with Gasteiger partial charge in [0.2, 0.25) is 0 Å². The van der Waals surface area contributed by atoms with Gasteiger partial charge in [-0.2, -0.15) is 0 Å². The summed E-state index contributed by atoms with van der Waals surface area (Å²) in [6.07, 6.45) is 1.69. The summed E-state index contributed by atoms with van der Waals surface area (Å²) in [5.74, 6) is 2.79. The van der Waals surface area contributed by atoms with E-state index < -0.39 is 20.3 Å². The number of furan rings is 1. The summed E-state index contributed by atoms with van der Waals surface area (Å²) in [4.78, 5) is 0. The van der Waals surface area contributed by atoms with Crippen LogP contribution in [0.1, 0.15) is 18.1 Å². The van der Waals surface area contributed by atoms with Crippen LogP contribution in [0.4, 0.5) is 0 Å². The van der Waals surface area contributed by atoms with Gasteiger partial charge in [0.15, 0.2) is 0 Å². The molecule has 0 fully saturated rings. The van der Waals surface area contributed by atoms with Crippen molar-refractivity contribution in [1.29, 1.82) is 0 Å². The van der Waals surface area contributed by atoms with Gasteiger partial charge in [-0.1, -0.05) is 25.6 Å². The lowest BCUT2D eigenvalue weighted by molar-refractivity contribution is 0.108. The second-order valence-electron chi connectivity index (χ2n) is 4.84. The average molecular weight is 238 g/mol. The first-order valence-corrected chi connectivity index (χ1v) is 8.79. The lowest BCUT2D eigenvalue weighted by atomic mass is 10.1. The maximum Gasteiger partial charge on any atom is 0.129 e. The number of aliphatic hydroxyl groups is 2. The molecule has 0 spiro atoms. The van der Waals surface area contributed by atoms with Gasteiger partial charge in [0.25, 0.3) is 0 Å². The van der Waals surface area contributed by atoms with Gasteiger partial charge in [0.1, 0.15) is 14.2 Å². The normalized spacial score (nSPS) is 15.1. The molecule has 1 heterocycles. The van der Waals surface area contributed by atoms with Gasteiger partial charge >= 0.3 is 0 Å². The van der Waals surface area contributed by atoms with E-state index in [0.29, 0.717) is 5.56 Å². The predicted molar refractivity (Wildman–Crippen MR) is 65.4 cm³/mol. The van der Waals surface area contributed by atoms with Gasteiger partial charge in [-0.05, 0) is 6.07 Å². The third kappa shape index (κ3) is 4.66. The molecule has 3 nitrogen and oxygen atoms in total. The van der Waals surface area contributed by atoms with Crippen molar-refractivity contribution in [2.75, 3.05) is 0 Å². The van der Waals surface area contributed by atoms with Gasteiger partial charge in [-0.25, -0.2) is 0 Å². The van der Waals surface area contributed by atoms with Gasteiger partial charge in [0, 0.05) is 12.0 Å². The second kappa shape index (κ2) is 5.35. The zero-order valence-corrected chi connectivity index (χ0v) is 10.9. The van der Waals surface area contributed by atoms with E-state index in [4.69, 9.17) is 4.42 Å². The van der Waals surface area contributed by atoms with Crippen molar-refractivity contribution in [3.05, 3.63) is 24.2 Å². The Hall–Kier alpha value is -1.02. The van der Waals surface area contributed by atoms with Crippen LogP contribution in [0.5, 0.6) is 0 Å². The average Bonchev–Trinajstić information content (AvgIpc) is 2.66. The van der Waals surface area contributed by atoms with Crippen LogP contribution in [0.3, 0.4) is 0 Å². The first-order chi connectivity index (χ1) is 7.38. The third-order valence-electron chi connectivity index (χ3n) is 1.99. The minimum Gasteiger partial charge on any atom is -0.472 e. The highest BCUT2D eigenvalue weighted by atomic mass is 28.3. The van der Waals surface area contributed by atoms with E-state index in [1.165, 1.54) is 12.5 Å². The molecule has 88 valence electrons. The summed E-state index contributed by atoms with van der Waals surface area (Å²) in [6.45, 7) is 6.33. The first-order valence-electron chi connectivity index (χ1n) is 5.29. The number of hydrogen-bond donors (Lipinski definition) is 2. The Kier molecular flexibility index (Phi) is 4.36. The summed E-state index contributed by atoms with van der Waals surface area (Å²) >= 11 is 0. The molecule has 0 aliphatic carbocycles. The molecule has 1 aromatic heterocycles. The minimum absolute atomic E-state index is 0.219. The van der Waals surface area contributed by atoms with Crippen molar-refractivity contribution in [1.82, 2.24) is 0 Å². The highest BCUT2D eigenvalue weighted by Gasteiger charge is 2.14.